The predicted molar refractivity (Wildman–Crippen MR) is 153 cm³/mol. The van der Waals surface area contributed by atoms with E-state index in [1.807, 2.05) is 18.9 Å². The summed E-state index contributed by atoms with van der Waals surface area (Å²) in [5, 5.41) is 0.422. The van der Waals surface area contributed by atoms with E-state index in [1.165, 1.54) is 0 Å². The molecule has 2 aliphatic rings. The van der Waals surface area contributed by atoms with E-state index in [4.69, 9.17) is 9.73 Å². The molecule has 2 fully saturated rings. The Bertz CT molecular complexity index is 1530. The first-order valence-corrected chi connectivity index (χ1v) is 15.3. The quantitative estimate of drug-likeness (QED) is 0.353. The van der Waals surface area contributed by atoms with Crippen LogP contribution in [0.4, 0.5) is 16.0 Å². The maximum atomic E-state index is 15.3. The van der Waals surface area contributed by atoms with E-state index in [-0.39, 0.29) is 29.2 Å². The summed E-state index contributed by atoms with van der Waals surface area (Å²) in [5.74, 6) is 1.21. The Morgan fingerprint density at radius 2 is 1.97 bits per heavy atom. The lowest BCUT2D eigenvalue weighted by molar-refractivity contribution is 0.414. The van der Waals surface area contributed by atoms with Gasteiger partial charge in [-0.05, 0) is 56.2 Å². The number of aliphatic imine (C=N–C) groups is 2. The fourth-order valence-corrected chi connectivity index (χ4v) is 5.99. The Morgan fingerprint density at radius 3 is 2.64 bits per heavy atom. The molecule has 1 unspecified atom stereocenters. The van der Waals surface area contributed by atoms with Crippen molar-refractivity contribution >= 4 is 43.8 Å². The van der Waals surface area contributed by atoms with E-state index in [0.29, 0.717) is 48.0 Å². The van der Waals surface area contributed by atoms with Crippen LogP contribution < -0.4 is 9.64 Å². The zero-order valence-corrected chi connectivity index (χ0v) is 23.7. The van der Waals surface area contributed by atoms with Crippen LogP contribution in [0.1, 0.15) is 45.2 Å². The normalized spacial score (nSPS) is 18.9. The van der Waals surface area contributed by atoms with E-state index in [9.17, 15) is 8.42 Å². The molecule has 0 radical (unpaired) electrons. The molecule has 11 heteroatoms. The first-order valence-electron chi connectivity index (χ1n) is 13.5. The summed E-state index contributed by atoms with van der Waals surface area (Å²) in [6, 6.07) is 6.74. The number of rotatable bonds is 9. The average Bonchev–Trinajstić information content (AvgIpc) is 3.68. The molecular formula is C28H35FN6O3S. The maximum Gasteiger partial charge on any atom is 0.326 e. The average molecular weight is 555 g/mol. The van der Waals surface area contributed by atoms with E-state index in [2.05, 4.69) is 33.8 Å². The van der Waals surface area contributed by atoms with Crippen molar-refractivity contribution in [2.45, 2.75) is 46.5 Å². The van der Waals surface area contributed by atoms with Crippen molar-refractivity contribution in [2.24, 2.45) is 21.8 Å². The van der Waals surface area contributed by atoms with Gasteiger partial charge in [-0.25, -0.2) is 17.8 Å². The molecule has 1 aromatic carbocycles. The van der Waals surface area contributed by atoms with Gasteiger partial charge in [-0.1, -0.05) is 13.8 Å². The number of hydrogen-bond acceptors (Lipinski definition) is 8. The molecule has 1 atom stereocenters. The molecular weight excluding hydrogens is 519 g/mol. The van der Waals surface area contributed by atoms with E-state index < -0.39 is 15.7 Å². The molecule has 208 valence electrons. The number of hydrogen-bond donors (Lipinski definition) is 1. The molecule has 1 aliphatic carbocycles. The minimum absolute atomic E-state index is 0.00564. The van der Waals surface area contributed by atoms with Gasteiger partial charge in [0.1, 0.15) is 5.82 Å². The molecule has 3 aromatic rings. The van der Waals surface area contributed by atoms with E-state index in [1.54, 1.807) is 24.3 Å². The number of fused-ring (bicyclic) bond motifs is 1. The minimum atomic E-state index is -3.08. The van der Waals surface area contributed by atoms with Crippen LogP contribution in [-0.2, 0) is 9.84 Å². The second-order valence-corrected chi connectivity index (χ2v) is 12.8. The van der Waals surface area contributed by atoms with Gasteiger partial charge < -0.3 is 14.6 Å². The number of aryl methyl sites for hydroxylation is 1. The topological polar surface area (TPSA) is 113 Å². The van der Waals surface area contributed by atoms with Crippen LogP contribution in [0.25, 0.3) is 10.9 Å². The molecule has 9 nitrogen and oxygen atoms in total. The van der Waals surface area contributed by atoms with Gasteiger partial charge in [0, 0.05) is 60.6 Å². The predicted octanol–water partition coefficient (Wildman–Crippen LogP) is 5.42. The third-order valence-corrected chi connectivity index (χ3v) is 9.13. The Labute approximate surface area is 228 Å². The summed E-state index contributed by atoms with van der Waals surface area (Å²) in [6.45, 7) is 6.73. The van der Waals surface area contributed by atoms with Crippen molar-refractivity contribution in [3.05, 3.63) is 35.8 Å². The zero-order chi connectivity index (χ0) is 27.7. The van der Waals surface area contributed by atoms with Crippen LogP contribution in [-0.4, -0.2) is 66.4 Å². The summed E-state index contributed by atoms with van der Waals surface area (Å²) in [7, 11) is -1.25. The fraction of sp³-hybridized carbons (Fsp3) is 0.500. The van der Waals surface area contributed by atoms with Crippen molar-refractivity contribution in [1.82, 2.24) is 15.0 Å². The Hall–Kier alpha value is -3.34. The second-order valence-electron chi connectivity index (χ2n) is 10.5. The number of H-pyrrole nitrogens is 1. The monoisotopic (exact) mass is 554 g/mol. The van der Waals surface area contributed by atoms with Gasteiger partial charge in [-0.15, -0.1) is 0 Å². The number of halogens is 1. The van der Waals surface area contributed by atoms with Gasteiger partial charge in [0.05, 0.1) is 11.5 Å². The third-order valence-electron chi connectivity index (χ3n) is 7.52. The summed E-state index contributed by atoms with van der Waals surface area (Å²) in [4.78, 5) is 23.6. The maximum absolute atomic E-state index is 15.3. The smallest absolute Gasteiger partial charge is 0.326 e. The summed E-state index contributed by atoms with van der Waals surface area (Å²) in [6.07, 6.45) is 3.90. The van der Waals surface area contributed by atoms with E-state index >= 15 is 4.39 Å². The number of anilines is 1. The summed E-state index contributed by atoms with van der Waals surface area (Å²) in [5.41, 5.74) is 3.64. The lowest BCUT2D eigenvalue weighted by Gasteiger charge is -2.27. The fourth-order valence-electron chi connectivity index (χ4n) is 4.79. The first-order chi connectivity index (χ1) is 18.7. The SMILES string of the molecule is CCC(C)C(CC(=NC)C1CC1)=Nc1cc(N2CCS(=O)(=O)CC2)nc(Oc2ccc3[nH]c(C)cc3c2F)n1. The molecule has 2 aromatic heterocycles. The van der Waals surface area contributed by atoms with Crippen LogP contribution in [0.2, 0.25) is 0 Å². The number of nitrogens with one attached hydrogen (secondary N) is 1. The lowest BCUT2D eigenvalue weighted by Crippen LogP contribution is -2.40. The van der Waals surface area contributed by atoms with Crippen LogP contribution >= 0.6 is 0 Å². The van der Waals surface area contributed by atoms with Gasteiger partial charge in [-0.3, -0.25) is 4.99 Å². The number of benzene rings is 1. The van der Waals surface area contributed by atoms with Crippen molar-refractivity contribution in [1.29, 1.82) is 0 Å². The molecule has 1 saturated carbocycles. The summed E-state index contributed by atoms with van der Waals surface area (Å²) < 4.78 is 45.3. The van der Waals surface area contributed by atoms with Crippen LogP contribution in [0.15, 0.2) is 34.3 Å². The lowest BCUT2D eigenvalue weighted by atomic mass is 9.96. The minimum Gasteiger partial charge on any atom is -0.421 e. The van der Waals surface area contributed by atoms with Crippen LogP contribution in [0.3, 0.4) is 0 Å². The molecule has 1 saturated heterocycles. The van der Waals surface area contributed by atoms with Gasteiger partial charge in [-0.2, -0.15) is 9.97 Å². The van der Waals surface area contributed by atoms with Gasteiger partial charge >= 0.3 is 6.01 Å². The van der Waals surface area contributed by atoms with Crippen molar-refractivity contribution in [3.8, 4) is 11.8 Å². The van der Waals surface area contributed by atoms with Crippen molar-refractivity contribution < 1.29 is 17.5 Å². The number of aromatic amines is 1. The number of nitrogens with zero attached hydrogens (tertiary/aromatic N) is 5. The summed E-state index contributed by atoms with van der Waals surface area (Å²) >= 11 is 0. The highest BCUT2D eigenvalue weighted by atomic mass is 32.2. The largest absolute Gasteiger partial charge is 0.421 e. The van der Waals surface area contributed by atoms with Crippen molar-refractivity contribution in [3.63, 3.8) is 0 Å². The highest BCUT2D eigenvalue weighted by Gasteiger charge is 2.29. The molecule has 0 spiro atoms. The number of aromatic nitrogens is 3. The second kappa shape index (κ2) is 11.0. The molecule has 1 N–H and O–H groups in total. The molecule has 3 heterocycles. The van der Waals surface area contributed by atoms with Crippen molar-refractivity contribution in [2.75, 3.05) is 36.5 Å². The Balaban J connectivity index is 1.53. The van der Waals surface area contributed by atoms with Gasteiger partial charge in [0.2, 0.25) is 0 Å². The molecule has 1 aliphatic heterocycles. The van der Waals surface area contributed by atoms with E-state index in [0.717, 1.165) is 36.4 Å². The highest BCUT2D eigenvalue weighted by molar-refractivity contribution is 7.91. The molecule has 5 rings (SSSR count). The number of sulfone groups is 1. The number of ether oxygens (including phenoxy) is 1. The zero-order valence-electron chi connectivity index (χ0n) is 22.9. The van der Waals surface area contributed by atoms with Crippen LogP contribution in [0.5, 0.6) is 11.8 Å². The van der Waals surface area contributed by atoms with Gasteiger partial charge in [0.25, 0.3) is 0 Å². The van der Waals surface area contributed by atoms with Crippen LogP contribution in [0, 0.1) is 24.6 Å². The standard InChI is InChI=1S/C28H35FN6O3S/c1-5-17(2)22(15-23(30-4)19-6-7-19)32-25-16-26(35-10-12-39(36,37)13-11-35)34-28(33-25)38-24-9-8-21-20(27(24)29)14-18(3)31-21/h8-9,14,16-17,19,31H,5-7,10-13,15H2,1-4H3. The first kappa shape index (κ1) is 27.2. The third kappa shape index (κ3) is 6.29. The van der Waals surface area contributed by atoms with Gasteiger partial charge in [0.15, 0.2) is 27.2 Å². The highest BCUT2D eigenvalue weighted by Crippen LogP contribution is 2.34. The Kier molecular flexibility index (Phi) is 7.70. The molecule has 39 heavy (non-hydrogen) atoms. The Morgan fingerprint density at radius 1 is 1.23 bits per heavy atom. The molecule has 0 amide bonds. The molecule has 0 bridgehead atoms.